The molecule has 0 aliphatic heterocycles. The van der Waals surface area contributed by atoms with Gasteiger partial charge in [0.15, 0.2) is 5.76 Å². The van der Waals surface area contributed by atoms with Gasteiger partial charge in [0.05, 0.1) is 6.26 Å². The van der Waals surface area contributed by atoms with Gasteiger partial charge in [0.25, 0.3) is 11.8 Å². The third-order valence-electron chi connectivity index (χ3n) is 4.01. The van der Waals surface area contributed by atoms with Crippen molar-refractivity contribution >= 4 is 17.5 Å². The molecular weight excluding hydrogens is 320 g/mol. The fraction of sp³-hybridized carbons (Fsp3) is 0.368. The lowest BCUT2D eigenvalue weighted by Crippen LogP contribution is -2.34. The number of carbonyl (C=O) groups is 2. The molecule has 6 nitrogen and oxygen atoms in total. The second kappa shape index (κ2) is 7.98. The van der Waals surface area contributed by atoms with Crippen LogP contribution < -0.4 is 10.6 Å². The van der Waals surface area contributed by atoms with E-state index in [1.54, 1.807) is 30.3 Å². The number of carbonyl (C=O) groups excluding carboxylic acids is 2. The van der Waals surface area contributed by atoms with Gasteiger partial charge in [-0.3, -0.25) is 9.59 Å². The number of hydrogen-bond donors (Lipinski definition) is 3. The fourth-order valence-corrected chi connectivity index (χ4v) is 2.30. The Labute approximate surface area is 147 Å². The molecule has 0 unspecified atom stereocenters. The van der Waals surface area contributed by atoms with Crippen LogP contribution in [0.4, 0.5) is 5.69 Å². The van der Waals surface area contributed by atoms with E-state index in [9.17, 15) is 9.59 Å². The first-order valence-corrected chi connectivity index (χ1v) is 8.17. The van der Waals surface area contributed by atoms with Gasteiger partial charge in [-0.15, -0.1) is 0 Å². The van der Waals surface area contributed by atoms with E-state index in [0.29, 0.717) is 24.2 Å². The van der Waals surface area contributed by atoms with E-state index in [-0.39, 0.29) is 29.6 Å². The zero-order valence-electron chi connectivity index (χ0n) is 14.8. The van der Waals surface area contributed by atoms with Crippen molar-refractivity contribution in [3.8, 4) is 0 Å². The number of hydrogen-bond acceptors (Lipinski definition) is 4. The molecule has 1 aromatic heterocycles. The molecule has 0 spiro atoms. The zero-order valence-corrected chi connectivity index (χ0v) is 14.8. The molecule has 0 saturated heterocycles. The second-order valence-electron chi connectivity index (χ2n) is 6.78. The summed E-state index contributed by atoms with van der Waals surface area (Å²) in [5.74, 6) is -0.380. The van der Waals surface area contributed by atoms with E-state index >= 15 is 0 Å². The highest BCUT2D eigenvalue weighted by Crippen LogP contribution is 2.20. The summed E-state index contributed by atoms with van der Waals surface area (Å²) < 4.78 is 5.07. The molecule has 0 aliphatic carbocycles. The van der Waals surface area contributed by atoms with E-state index in [1.807, 2.05) is 20.8 Å². The van der Waals surface area contributed by atoms with Gasteiger partial charge in [-0.1, -0.05) is 19.9 Å². The van der Waals surface area contributed by atoms with Crippen molar-refractivity contribution in [2.24, 2.45) is 5.41 Å². The maximum Gasteiger partial charge on any atom is 0.291 e. The Hall–Kier alpha value is -2.60. The van der Waals surface area contributed by atoms with E-state index in [0.717, 1.165) is 5.56 Å². The molecule has 0 saturated carbocycles. The second-order valence-corrected chi connectivity index (χ2v) is 6.78. The normalized spacial score (nSPS) is 11.2. The summed E-state index contributed by atoms with van der Waals surface area (Å²) in [4.78, 5) is 24.5. The maximum absolute atomic E-state index is 12.4. The fourth-order valence-electron chi connectivity index (χ4n) is 2.30. The first-order chi connectivity index (χ1) is 11.8. The molecule has 2 amide bonds. The lowest BCUT2D eigenvalue weighted by atomic mass is 9.89. The number of benzene rings is 1. The Morgan fingerprint density at radius 1 is 1.20 bits per heavy atom. The number of amides is 2. The predicted molar refractivity (Wildman–Crippen MR) is 95.7 cm³/mol. The van der Waals surface area contributed by atoms with E-state index in [1.165, 1.54) is 6.26 Å². The van der Waals surface area contributed by atoms with Gasteiger partial charge in [-0.2, -0.15) is 0 Å². The van der Waals surface area contributed by atoms with Crippen LogP contribution in [0.2, 0.25) is 0 Å². The summed E-state index contributed by atoms with van der Waals surface area (Å²) in [7, 11) is 0. The molecule has 134 valence electrons. The summed E-state index contributed by atoms with van der Waals surface area (Å²) in [6.07, 6.45) is 2.03. The Kier molecular flexibility index (Phi) is 5.98. The highest BCUT2D eigenvalue weighted by atomic mass is 16.3. The van der Waals surface area contributed by atoms with E-state index in [2.05, 4.69) is 10.6 Å². The third kappa shape index (κ3) is 5.19. The lowest BCUT2D eigenvalue weighted by Gasteiger charge is -2.23. The highest BCUT2D eigenvalue weighted by Gasteiger charge is 2.19. The van der Waals surface area contributed by atoms with Gasteiger partial charge in [0.1, 0.15) is 0 Å². The van der Waals surface area contributed by atoms with Crippen molar-refractivity contribution in [3.05, 3.63) is 53.5 Å². The average Bonchev–Trinajstić information content (AvgIpc) is 3.09. The van der Waals surface area contributed by atoms with Gasteiger partial charge in [-0.05, 0) is 48.6 Å². The highest BCUT2D eigenvalue weighted by molar-refractivity contribution is 6.03. The maximum atomic E-state index is 12.4. The van der Waals surface area contributed by atoms with Gasteiger partial charge in [0.2, 0.25) is 0 Å². The first kappa shape index (κ1) is 18.7. The number of anilines is 1. The number of aliphatic hydroxyl groups is 1. The molecule has 0 fully saturated rings. The number of rotatable bonds is 7. The van der Waals surface area contributed by atoms with Crippen molar-refractivity contribution < 1.29 is 19.1 Å². The quantitative estimate of drug-likeness (QED) is 0.720. The molecule has 3 N–H and O–H groups in total. The van der Waals surface area contributed by atoms with Crippen LogP contribution in [-0.2, 0) is 0 Å². The lowest BCUT2D eigenvalue weighted by molar-refractivity contribution is 0.0927. The van der Waals surface area contributed by atoms with Crippen LogP contribution in [0.5, 0.6) is 0 Å². The summed E-state index contributed by atoms with van der Waals surface area (Å²) in [5.41, 5.74) is 1.67. The minimum atomic E-state index is -0.366. The Morgan fingerprint density at radius 2 is 1.96 bits per heavy atom. The molecule has 0 radical (unpaired) electrons. The molecule has 6 heteroatoms. The Bertz CT molecular complexity index is 736. The van der Waals surface area contributed by atoms with Crippen molar-refractivity contribution in [2.75, 3.05) is 18.5 Å². The van der Waals surface area contributed by atoms with Crippen LogP contribution in [0.3, 0.4) is 0 Å². The van der Waals surface area contributed by atoms with E-state index in [4.69, 9.17) is 9.52 Å². The summed E-state index contributed by atoms with van der Waals surface area (Å²) in [6, 6.07) is 8.35. The molecular formula is C19H24N2O4. The minimum absolute atomic E-state index is 0.0797. The van der Waals surface area contributed by atoms with Crippen molar-refractivity contribution in [2.45, 2.75) is 27.2 Å². The van der Waals surface area contributed by atoms with Gasteiger partial charge in [0, 0.05) is 24.4 Å². The largest absolute Gasteiger partial charge is 0.459 e. The molecule has 25 heavy (non-hydrogen) atoms. The summed E-state index contributed by atoms with van der Waals surface area (Å²) in [6.45, 7) is 6.34. The summed E-state index contributed by atoms with van der Waals surface area (Å²) in [5, 5.41) is 14.7. The van der Waals surface area contributed by atoms with Crippen LogP contribution in [0.25, 0.3) is 0 Å². The smallest absolute Gasteiger partial charge is 0.291 e. The van der Waals surface area contributed by atoms with Gasteiger partial charge >= 0.3 is 0 Å². The van der Waals surface area contributed by atoms with Crippen LogP contribution >= 0.6 is 0 Å². The predicted octanol–water partition coefficient (Wildman–Crippen LogP) is 2.98. The molecule has 0 bridgehead atoms. The standard InChI is InChI=1S/C19H24N2O4/c1-13-6-7-14(17(23)20-12-19(2,3)8-9-22)11-15(13)21-18(24)16-5-4-10-25-16/h4-7,10-11,22H,8-9,12H2,1-3H3,(H,20,23)(H,21,24). The Balaban J connectivity index is 2.07. The van der Waals surface area contributed by atoms with Crippen LogP contribution in [0.15, 0.2) is 41.0 Å². The monoisotopic (exact) mass is 344 g/mol. The van der Waals surface area contributed by atoms with Gasteiger partial charge in [-0.25, -0.2) is 0 Å². The number of aliphatic hydroxyl groups excluding tert-OH is 1. The van der Waals surface area contributed by atoms with E-state index < -0.39 is 0 Å². The molecule has 2 rings (SSSR count). The minimum Gasteiger partial charge on any atom is -0.459 e. The van der Waals surface area contributed by atoms with Crippen LogP contribution in [0.1, 0.15) is 46.7 Å². The van der Waals surface area contributed by atoms with Crippen LogP contribution in [0, 0.1) is 12.3 Å². The molecule has 0 atom stereocenters. The summed E-state index contributed by atoms with van der Waals surface area (Å²) >= 11 is 0. The number of furan rings is 1. The van der Waals surface area contributed by atoms with Crippen molar-refractivity contribution in [3.63, 3.8) is 0 Å². The van der Waals surface area contributed by atoms with Gasteiger partial charge < -0.3 is 20.2 Å². The first-order valence-electron chi connectivity index (χ1n) is 8.17. The van der Waals surface area contributed by atoms with Crippen molar-refractivity contribution in [1.29, 1.82) is 0 Å². The number of nitrogens with one attached hydrogen (secondary N) is 2. The third-order valence-corrected chi connectivity index (χ3v) is 4.01. The zero-order chi connectivity index (χ0) is 18.4. The Morgan fingerprint density at radius 3 is 2.60 bits per heavy atom. The molecule has 1 aromatic carbocycles. The van der Waals surface area contributed by atoms with Crippen molar-refractivity contribution in [1.82, 2.24) is 5.32 Å². The average molecular weight is 344 g/mol. The topological polar surface area (TPSA) is 91.6 Å². The SMILES string of the molecule is Cc1ccc(C(=O)NCC(C)(C)CCO)cc1NC(=O)c1ccco1. The molecule has 1 heterocycles. The molecule has 2 aromatic rings. The number of aryl methyl sites for hydroxylation is 1. The van der Waals surface area contributed by atoms with Crippen LogP contribution in [-0.4, -0.2) is 30.1 Å². The molecule has 0 aliphatic rings.